The minimum absolute atomic E-state index is 0.248. The number of fused-ring (bicyclic) bond motifs is 1. The first-order chi connectivity index (χ1) is 9.13. The van der Waals surface area contributed by atoms with Crippen LogP contribution in [0.5, 0.6) is 0 Å². The molecule has 0 atom stereocenters. The number of methoxy groups -OCH3 is 1. The standard InChI is InChI=1S/C17H27NO/c1-17(2,9-10-18-11-12-19-3)16-8-7-14-5-4-6-15(14)13-16/h7-8,13,18H,4-6,9-12H2,1-3H3. The van der Waals surface area contributed by atoms with E-state index in [1.54, 1.807) is 18.2 Å². The summed E-state index contributed by atoms with van der Waals surface area (Å²) in [5.41, 5.74) is 4.88. The highest BCUT2D eigenvalue weighted by molar-refractivity contribution is 5.38. The van der Waals surface area contributed by atoms with Crippen LogP contribution >= 0.6 is 0 Å². The van der Waals surface area contributed by atoms with Gasteiger partial charge in [-0.2, -0.15) is 0 Å². The monoisotopic (exact) mass is 261 g/mol. The lowest BCUT2D eigenvalue weighted by atomic mass is 9.80. The highest BCUT2D eigenvalue weighted by Crippen LogP contribution is 2.31. The van der Waals surface area contributed by atoms with Crippen molar-refractivity contribution in [3.8, 4) is 0 Å². The second-order valence-corrected chi connectivity index (χ2v) is 6.21. The Bertz CT molecular complexity index is 412. The quantitative estimate of drug-likeness (QED) is 0.762. The zero-order chi connectivity index (χ0) is 13.7. The van der Waals surface area contributed by atoms with E-state index in [1.807, 2.05) is 0 Å². The van der Waals surface area contributed by atoms with Gasteiger partial charge in [-0.05, 0) is 54.3 Å². The van der Waals surface area contributed by atoms with Crippen molar-refractivity contribution in [2.75, 3.05) is 26.8 Å². The molecule has 0 heterocycles. The molecule has 0 unspecified atom stereocenters. The zero-order valence-electron chi connectivity index (χ0n) is 12.6. The summed E-state index contributed by atoms with van der Waals surface area (Å²) in [6.07, 6.45) is 5.03. The predicted molar refractivity (Wildman–Crippen MR) is 80.9 cm³/mol. The van der Waals surface area contributed by atoms with Crippen molar-refractivity contribution >= 4 is 0 Å². The van der Waals surface area contributed by atoms with Crippen LogP contribution in [0.4, 0.5) is 0 Å². The molecule has 0 aromatic heterocycles. The van der Waals surface area contributed by atoms with Crippen LogP contribution < -0.4 is 5.32 Å². The number of hydrogen-bond donors (Lipinski definition) is 1. The molecular weight excluding hydrogens is 234 g/mol. The van der Waals surface area contributed by atoms with Gasteiger partial charge < -0.3 is 10.1 Å². The first-order valence-corrected chi connectivity index (χ1v) is 7.45. The first-order valence-electron chi connectivity index (χ1n) is 7.45. The SMILES string of the molecule is COCCNCCC(C)(C)c1ccc2c(c1)CCC2. The van der Waals surface area contributed by atoms with Crippen LogP contribution in [0.3, 0.4) is 0 Å². The van der Waals surface area contributed by atoms with Crippen LogP contribution in [0, 0.1) is 0 Å². The average molecular weight is 261 g/mol. The molecule has 2 rings (SSSR count). The average Bonchev–Trinajstić information content (AvgIpc) is 2.85. The minimum Gasteiger partial charge on any atom is -0.383 e. The summed E-state index contributed by atoms with van der Waals surface area (Å²) in [5.74, 6) is 0. The van der Waals surface area contributed by atoms with E-state index in [2.05, 4.69) is 37.4 Å². The van der Waals surface area contributed by atoms with Crippen molar-refractivity contribution in [3.05, 3.63) is 34.9 Å². The number of aryl methyl sites for hydroxylation is 2. The van der Waals surface area contributed by atoms with E-state index >= 15 is 0 Å². The maximum Gasteiger partial charge on any atom is 0.0587 e. The Balaban J connectivity index is 1.91. The van der Waals surface area contributed by atoms with Gasteiger partial charge in [-0.15, -0.1) is 0 Å². The summed E-state index contributed by atoms with van der Waals surface area (Å²) < 4.78 is 5.05. The van der Waals surface area contributed by atoms with Gasteiger partial charge >= 0.3 is 0 Å². The van der Waals surface area contributed by atoms with E-state index < -0.39 is 0 Å². The lowest BCUT2D eigenvalue weighted by Gasteiger charge is -2.26. The first kappa shape index (κ1) is 14.5. The molecule has 1 aliphatic carbocycles. The minimum atomic E-state index is 0.248. The molecule has 2 nitrogen and oxygen atoms in total. The van der Waals surface area contributed by atoms with Crippen LogP contribution in [0.15, 0.2) is 18.2 Å². The molecule has 0 amide bonds. The Morgan fingerprint density at radius 2 is 1.95 bits per heavy atom. The summed E-state index contributed by atoms with van der Waals surface area (Å²) >= 11 is 0. The van der Waals surface area contributed by atoms with Crippen LogP contribution in [0.25, 0.3) is 0 Å². The molecule has 106 valence electrons. The van der Waals surface area contributed by atoms with Crippen molar-refractivity contribution < 1.29 is 4.74 Å². The van der Waals surface area contributed by atoms with Gasteiger partial charge in [0.1, 0.15) is 0 Å². The molecular formula is C17H27NO. The molecule has 0 spiro atoms. The second kappa shape index (κ2) is 6.53. The van der Waals surface area contributed by atoms with Crippen molar-refractivity contribution in [3.63, 3.8) is 0 Å². The summed E-state index contributed by atoms with van der Waals surface area (Å²) in [4.78, 5) is 0. The van der Waals surface area contributed by atoms with Crippen LogP contribution in [0.1, 0.15) is 43.4 Å². The van der Waals surface area contributed by atoms with Gasteiger partial charge in [0.25, 0.3) is 0 Å². The summed E-state index contributed by atoms with van der Waals surface area (Å²) in [7, 11) is 1.75. The third-order valence-corrected chi connectivity index (χ3v) is 4.29. The van der Waals surface area contributed by atoms with Crippen LogP contribution in [-0.4, -0.2) is 26.8 Å². The molecule has 1 aromatic carbocycles. The highest BCUT2D eigenvalue weighted by Gasteiger charge is 2.22. The smallest absolute Gasteiger partial charge is 0.0587 e. The maximum atomic E-state index is 5.05. The molecule has 0 saturated heterocycles. The molecule has 0 aliphatic heterocycles. The van der Waals surface area contributed by atoms with Gasteiger partial charge in [0, 0.05) is 13.7 Å². The number of rotatable bonds is 7. The van der Waals surface area contributed by atoms with Gasteiger partial charge in [-0.1, -0.05) is 32.0 Å². The number of hydrogen-bond acceptors (Lipinski definition) is 2. The molecule has 0 bridgehead atoms. The van der Waals surface area contributed by atoms with Crippen molar-refractivity contribution in [1.29, 1.82) is 0 Å². The second-order valence-electron chi connectivity index (χ2n) is 6.21. The van der Waals surface area contributed by atoms with Crippen molar-refractivity contribution in [2.45, 2.75) is 44.9 Å². The van der Waals surface area contributed by atoms with Crippen LogP contribution in [0.2, 0.25) is 0 Å². The largest absolute Gasteiger partial charge is 0.383 e. The zero-order valence-corrected chi connectivity index (χ0v) is 12.6. The highest BCUT2D eigenvalue weighted by atomic mass is 16.5. The fraction of sp³-hybridized carbons (Fsp3) is 0.647. The molecule has 1 N–H and O–H groups in total. The third-order valence-electron chi connectivity index (χ3n) is 4.29. The van der Waals surface area contributed by atoms with Gasteiger partial charge in [0.2, 0.25) is 0 Å². The van der Waals surface area contributed by atoms with E-state index in [9.17, 15) is 0 Å². The normalized spacial score (nSPS) is 14.7. The fourth-order valence-electron chi connectivity index (χ4n) is 2.84. The maximum absolute atomic E-state index is 5.05. The molecule has 1 aromatic rings. The third kappa shape index (κ3) is 3.80. The number of ether oxygens (including phenoxy) is 1. The van der Waals surface area contributed by atoms with Gasteiger partial charge in [0.05, 0.1) is 6.61 Å². The molecule has 0 fully saturated rings. The molecule has 0 radical (unpaired) electrons. The summed E-state index contributed by atoms with van der Waals surface area (Å²) in [6.45, 7) is 7.48. The Labute approximate surface area is 117 Å². The van der Waals surface area contributed by atoms with Gasteiger partial charge in [0.15, 0.2) is 0 Å². The van der Waals surface area contributed by atoms with Gasteiger partial charge in [-0.25, -0.2) is 0 Å². The fourth-order valence-corrected chi connectivity index (χ4v) is 2.84. The molecule has 1 aliphatic rings. The molecule has 0 saturated carbocycles. The Morgan fingerprint density at radius 1 is 1.16 bits per heavy atom. The van der Waals surface area contributed by atoms with E-state index in [0.29, 0.717) is 0 Å². The molecule has 2 heteroatoms. The van der Waals surface area contributed by atoms with E-state index in [1.165, 1.54) is 24.8 Å². The van der Waals surface area contributed by atoms with Gasteiger partial charge in [-0.3, -0.25) is 0 Å². The van der Waals surface area contributed by atoms with Crippen LogP contribution in [-0.2, 0) is 23.0 Å². The number of nitrogens with one attached hydrogen (secondary N) is 1. The Hall–Kier alpha value is -0.860. The lowest BCUT2D eigenvalue weighted by Crippen LogP contribution is -2.27. The Morgan fingerprint density at radius 3 is 2.74 bits per heavy atom. The lowest BCUT2D eigenvalue weighted by molar-refractivity contribution is 0.198. The predicted octanol–water partition coefficient (Wildman–Crippen LogP) is 3.08. The van der Waals surface area contributed by atoms with Crippen molar-refractivity contribution in [2.24, 2.45) is 0 Å². The Kier molecular flexibility index (Phi) is 5.00. The van der Waals surface area contributed by atoms with Crippen molar-refractivity contribution in [1.82, 2.24) is 5.32 Å². The van der Waals surface area contributed by atoms with E-state index in [-0.39, 0.29) is 5.41 Å². The topological polar surface area (TPSA) is 21.3 Å². The summed E-state index contributed by atoms with van der Waals surface area (Å²) in [5, 5.41) is 3.44. The van der Waals surface area contributed by atoms with E-state index in [4.69, 9.17) is 4.74 Å². The number of benzene rings is 1. The van der Waals surface area contributed by atoms with E-state index in [0.717, 1.165) is 26.1 Å². The summed E-state index contributed by atoms with van der Waals surface area (Å²) in [6, 6.07) is 7.12. The molecule has 19 heavy (non-hydrogen) atoms.